The molecule has 0 saturated carbocycles. The van der Waals surface area contributed by atoms with Gasteiger partial charge in [0, 0.05) is 49.2 Å². The third-order valence-electron chi connectivity index (χ3n) is 9.55. The van der Waals surface area contributed by atoms with Gasteiger partial charge in [0.2, 0.25) is 0 Å². The number of benzene rings is 7. The summed E-state index contributed by atoms with van der Waals surface area (Å²) in [6.07, 6.45) is 2.20. The molecular weight excluding hydrogens is 603 g/mol. The lowest BCUT2D eigenvalue weighted by Gasteiger charge is -2.32. The highest BCUT2D eigenvalue weighted by Gasteiger charge is 2.24. The van der Waals surface area contributed by atoms with Gasteiger partial charge in [0.1, 0.15) is 0 Å². The van der Waals surface area contributed by atoms with Crippen LogP contribution in [0, 0.1) is 0 Å². The van der Waals surface area contributed by atoms with Gasteiger partial charge in [-0.2, -0.15) is 0 Å². The Morgan fingerprint density at radius 2 is 0.979 bits per heavy atom. The maximum absolute atomic E-state index is 2.44. The number of rotatable bonds is 4. The first kappa shape index (κ1) is 27.2. The van der Waals surface area contributed by atoms with Crippen LogP contribution in [0.2, 0.25) is 0 Å². The molecule has 7 aromatic carbocycles. The largest absolute Gasteiger partial charge is 0.316 e. The Bertz CT molecular complexity index is 2590. The van der Waals surface area contributed by atoms with E-state index in [-0.39, 0.29) is 0 Å². The molecule has 0 fully saturated rings. The van der Waals surface area contributed by atoms with Crippen LogP contribution in [0.15, 0.2) is 186 Å². The highest BCUT2D eigenvalue weighted by atomic mass is 32.2. The predicted octanol–water partition coefficient (Wildman–Crippen LogP) is 12.3. The van der Waals surface area contributed by atoms with E-state index in [1.165, 1.54) is 65.0 Å². The van der Waals surface area contributed by atoms with Crippen molar-refractivity contribution in [3.8, 4) is 22.5 Å². The topological polar surface area (TPSA) is 13.1 Å². The summed E-state index contributed by atoms with van der Waals surface area (Å²) < 4.78 is 4.74. The Morgan fingerprint density at radius 3 is 1.73 bits per heavy atom. The molecule has 10 rings (SSSR count). The molecule has 0 atom stereocenters. The molecule has 0 unspecified atom stereocenters. The van der Waals surface area contributed by atoms with Crippen LogP contribution in [0.4, 0.5) is 17.1 Å². The first-order chi connectivity index (χ1) is 23.8. The average molecular weight is 632 g/mol. The molecule has 0 saturated heterocycles. The van der Waals surface area contributed by atoms with Crippen LogP contribution in [0.5, 0.6) is 0 Å². The van der Waals surface area contributed by atoms with E-state index in [0.717, 1.165) is 17.1 Å². The zero-order chi connectivity index (χ0) is 31.6. The maximum Gasteiger partial charge on any atom is 0.0635 e. The number of para-hydroxylation sites is 3. The fourth-order valence-electron chi connectivity index (χ4n) is 7.35. The second-order valence-electron chi connectivity index (χ2n) is 12.2. The van der Waals surface area contributed by atoms with Crippen molar-refractivity contribution < 1.29 is 0 Å². The molecule has 1 aliphatic heterocycles. The molecule has 3 nitrogen and oxygen atoms in total. The number of aromatic nitrogens is 2. The van der Waals surface area contributed by atoms with Gasteiger partial charge in [-0.3, -0.25) is 0 Å². The second-order valence-corrected chi connectivity index (χ2v) is 13.3. The summed E-state index contributed by atoms with van der Waals surface area (Å²) in [7, 11) is 0. The molecule has 0 amide bonds. The van der Waals surface area contributed by atoms with E-state index in [4.69, 9.17) is 0 Å². The van der Waals surface area contributed by atoms with Crippen molar-refractivity contribution in [1.29, 1.82) is 0 Å². The summed E-state index contributed by atoms with van der Waals surface area (Å²) >= 11 is 1.84. The Labute approximate surface area is 282 Å². The van der Waals surface area contributed by atoms with Gasteiger partial charge in [-0.25, -0.2) is 0 Å². The third kappa shape index (κ3) is 4.16. The van der Waals surface area contributed by atoms with Crippen LogP contribution in [0.1, 0.15) is 0 Å². The van der Waals surface area contributed by atoms with E-state index in [1.807, 2.05) is 11.8 Å². The van der Waals surface area contributed by atoms with E-state index in [2.05, 4.69) is 190 Å². The van der Waals surface area contributed by atoms with E-state index in [9.17, 15) is 0 Å². The fraction of sp³-hybridized carbons (Fsp3) is 0. The van der Waals surface area contributed by atoms with Crippen LogP contribution in [-0.4, -0.2) is 9.13 Å². The highest BCUT2D eigenvalue weighted by molar-refractivity contribution is 7.99. The van der Waals surface area contributed by atoms with Crippen molar-refractivity contribution in [3.63, 3.8) is 0 Å². The SMILES string of the molecule is c1ccc(-c2ccc(-n3ccc4c3ccc3c5ccccc5n(-c5ccc(N6c7ccccc7Sc7ccccc76)cc5)c34)cc2)cc1. The zero-order valence-electron chi connectivity index (χ0n) is 26.0. The molecular formula is C44H29N3S. The molecule has 1 aliphatic rings. The summed E-state index contributed by atoms with van der Waals surface area (Å²) in [5.41, 5.74) is 11.9. The summed E-state index contributed by atoms with van der Waals surface area (Å²) in [4.78, 5) is 4.92. The van der Waals surface area contributed by atoms with Crippen molar-refractivity contribution in [3.05, 3.63) is 176 Å². The molecule has 2 aromatic heterocycles. The van der Waals surface area contributed by atoms with Crippen molar-refractivity contribution in [1.82, 2.24) is 9.13 Å². The first-order valence-corrected chi connectivity index (χ1v) is 17.1. The molecule has 0 spiro atoms. The Kier molecular flexibility index (Phi) is 6.11. The van der Waals surface area contributed by atoms with Gasteiger partial charge < -0.3 is 14.0 Å². The highest BCUT2D eigenvalue weighted by Crippen LogP contribution is 2.51. The number of anilines is 3. The molecule has 4 heteroatoms. The minimum absolute atomic E-state index is 1.14. The van der Waals surface area contributed by atoms with Gasteiger partial charge >= 0.3 is 0 Å². The van der Waals surface area contributed by atoms with Crippen molar-refractivity contribution >= 4 is 61.5 Å². The minimum atomic E-state index is 1.14. The normalized spacial score (nSPS) is 12.5. The van der Waals surface area contributed by atoms with Gasteiger partial charge in [-0.15, -0.1) is 0 Å². The minimum Gasteiger partial charge on any atom is -0.316 e. The summed E-state index contributed by atoms with van der Waals surface area (Å²) in [5.74, 6) is 0. The standard InChI is InChI=1S/C44H29N3S/c1-2-10-30(11-3-1)31-18-20-32(21-19-31)45-29-28-37-38(45)27-26-36-35-12-4-5-13-39(35)47(44(36)37)34-24-22-33(23-25-34)46-40-14-6-8-16-42(40)48-43-17-9-7-15-41(43)46/h1-29H. The molecule has 0 radical (unpaired) electrons. The maximum atomic E-state index is 2.44. The smallest absolute Gasteiger partial charge is 0.0635 e. The Morgan fingerprint density at radius 1 is 0.375 bits per heavy atom. The molecule has 3 heterocycles. The van der Waals surface area contributed by atoms with Gasteiger partial charge in [-0.05, 0) is 90.0 Å². The van der Waals surface area contributed by atoms with Crippen molar-refractivity contribution in [2.75, 3.05) is 4.90 Å². The third-order valence-corrected chi connectivity index (χ3v) is 10.7. The number of nitrogens with zero attached hydrogens (tertiary/aromatic N) is 3. The molecule has 226 valence electrons. The monoisotopic (exact) mass is 631 g/mol. The zero-order valence-corrected chi connectivity index (χ0v) is 26.8. The second kappa shape index (κ2) is 10.8. The van der Waals surface area contributed by atoms with E-state index in [1.54, 1.807) is 0 Å². The van der Waals surface area contributed by atoms with E-state index in [0.29, 0.717) is 0 Å². The lowest BCUT2D eigenvalue weighted by molar-refractivity contribution is 1.13. The molecule has 0 bridgehead atoms. The van der Waals surface area contributed by atoms with Crippen LogP contribution < -0.4 is 4.90 Å². The van der Waals surface area contributed by atoms with Crippen LogP contribution >= 0.6 is 11.8 Å². The van der Waals surface area contributed by atoms with Crippen molar-refractivity contribution in [2.24, 2.45) is 0 Å². The predicted molar refractivity (Wildman–Crippen MR) is 202 cm³/mol. The molecule has 0 N–H and O–H groups in total. The van der Waals surface area contributed by atoms with Gasteiger partial charge in [0.25, 0.3) is 0 Å². The average Bonchev–Trinajstić information content (AvgIpc) is 3.74. The lowest BCUT2D eigenvalue weighted by Crippen LogP contribution is -2.14. The van der Waals surface area contributed by atoms with Crippen molar-refractivity contribution in [2.45, 2.75) is 9.79 Å². The van der Waals surface area contributed by atoms with Crippen LogP contribution in [0.25, 0.3) is 55.2 Å². The van der Waals surface area contributed by atoms with E-state index < -0.39 is 0 Å². The van der Waals surface area contributed by atoms with Gasteiger partial charge in [-0.1, -0.05) is 103 Å². The van der Waals surface area contributed by atoms with Crippen LogP contribution in [0.3, 0.4) is 0 Å². The Balaban J connectivity index is 1.11. The first-order valence-electron chi connectivity index (χ1n) is 16.3. The quantitative estimate of drug-likeness (QED) is 0.192. The van der Waals surface area contributed by atoms with E-state index >= 15 is 0 Å². The summed E-state index contributed by atoms with van der Waals surface area (Å²) in [5, 5.41) is 3.75. The summed E-state index contributed by atoms with van der Waals surface area (Å²) in [6, 6.07) is 61.4. The molecule has 48 heavy (non-hydrogen) atoms. The number of hydrogen-bond acceptors (Lipinski definition) is 2. The molecule has 9 aromatic rings. The number of hydrogen-bond donors (Lipinski definition) is 0. The number of fused-ring (bicyclic) bond motifs is 7. The van der Waals surface area contributed by atoms with Gasteiger partial charge in [0.15, 0.2) is 0 Å². The summed E-state index contributed by atoms with van der Waals surface area (Å²) in [6.45, 7) is 0. The van der Waals surface area contributed by atoms with Crippen LogP contribution in [-0.2, 0) is 0 Å². The Hall–Kier alpha value is -5.97. The molecule has 0 aliphatic carbocycles. The van der Waals surface area contributed by atoms with Gasteiger partial charge in [0.05, 0.1) is 27.9 Å². The lowest BCUT2D eigenvalue weighted by atomic mass is 10.1. The fourth-order valence-corrected chi connectivity index (χ4v) is 8.41.